The van der Waals surface area contributed by atoms with Crippen molar-refractivity contribution < 1.29 is 4.79 Å². The molecule has 0 amide bonds. The van der Waals surface area contributed by atoms with E-state index in [1.165, 1.54) is 0 Å². The molecule has 22 heavy (non-hydrogen) atoms. The predicted octanol–water partition coefficient (Wildman–Crippen LogP) is 4.01. The highest BCUT2D eigenvalue weighted by Crippen LogP contribution is 2.25. The molecule has 1 aliphatic carbocycles. The Labute approximate surface area is 129 Å². The van der Waals surface area contributed by atoms with Crippen LogP contribution < -0.4 is 5.32 Å². The molecule has 0 atom stereocenters. The molecule has 108 valence electrons. The van der Waals surface area contributed by atoms with Gasteiger partial charge in [0, 0.05) is 30.4 Å². The lowest BCUT2D eigenvalue weighted by Gasteiger charge is -2.11. The minimum atomic E-state index is 0.164. The van der Waals surface area contributed by atoms with Crippen LogP contribution in [0.2, 0.25) is 0 Å². The maximum atomic E-state index is 11.8. The van der Waals surface area contributed by atoms with E-state index in [4.69, 9.17) is 0 Å². The summed E-state index contributed by atoms with van der Waals surface area (Å²) >= 11 is 0. The fourth-order valence-corrected chi connectivity index (χ4v) is 2.38. The van der Waals surface area contributed by atoms with Crippen LogP contribution in [0, 0.1) is 0 Å². The fourth-order valence-electron chi connectivity index (χ4n) is 2.38. The average molecular weight is 288 g/mol. The molecule has 3 nitrogen and oxygen atoms in total. The van der Waals surface area contributed by atoms with Crippen molar-refractivity contribution in [2.24, 2.45) is 0 Å². The van der Waals surface area contributed by atoms with Crippen molar-refractivity contribution >= 4 is 22.6 Å². The number of carbonyl (C=O) groups excluding carboxylic acids is 1. The molecule has 2 aliphatic rings. The van der Waals surface area contributed by atoms with Crippen molar-refractivity contribution in [3.8, 4) is 0 Å². The summed E-state index contributed by atoms with van der Waals surface area (Å²) in [4.78, 5) is 16.1. The maximum absolute atomic E-state index is 11.8. The van der Waals surface area contributed by atoms with Crippen molar-refractivity contribution in [1.82, 2.24) is 10.3 Å². The van der Waals surface area contributed by atoms with Gasteiger partial charge in [0.1, 0.15) is 0 Å². The maximum Gasteiger partial charge on any atom is 0.169 e. The summed E-state index contributed by atoms with van der Waals surface area (Å²) in [6.45, 7) is 0. The summed E-state index contributed by atoms with van der Waals surface area (Å²) < 4.78 is 0. The highest BCUT2D eigenvalue weighted by Gasteiger charge is 2.16. The quantitative estimate of drug-likeness (QED) is 0.796. The molecule has 0 saturated carbocycles. The standard InChI is InChI=1S/C13H9NO.C6H7N/c15-12-7-3-6-11-13(12)10-5-2-1-4-9(10)8-14-11;1-2-4-6-7-5-3-1/h1-6,8H,7H2;1-7H. The van der Waals surface area contributed by atoms with Crippen LogP contribution >= 0.6 is 0 Å². The van der Waals surface area contributed by atoms with E-state index < -0.39 is 0 Å². The van der Waals surface area contributed by atoms with Crippen LogP contribution in [0.4, 0.5) is 0 Å². The number of carbonyl (C=O) groups is 1. The van der Waals surface area contributed by atoms with E-state index in [1.54, 1.807) is 0 Å². The van der Waals surface area contributed by atoms with Crippen LogP contribution in [-0.4, -0.2) is 10.8 Å². The zero-order valence-corrected chi connectivity index (χ0v) is 12.1. The van der Waals surface area contributed by atoms with Gasteiger partial charge in [0.25, 0.3) is 0 Å². The van der Waals surface area contributed by atoms with Crippen LogP contribution in [0.5, 0.6) is 0 Å². The smallest absolute Gasteiger partial charge is 0.169 e. The van der Waals surface area contributed by atoms with Crippen LogP contribution in [0.25, 0.3) is 16.8 Å². The SMILES string of the molecule is C1=CC=CNC=C1.O=C1CC=Cc2ncc3ccccc3c21. The number of nitrogens with zero attached hydrogens (tertiary/aromatic N) is 1. The van der Waals surface area contributed by atoms with E-state index >= 15 is 0 Å². The van der Waals surface area contributed by atoms with Gasteiger partial charge >= 0.3 is 0 Å². The lowest BCUT2D eigenvalue weighted by molar-refractivity contribution is 0.0996. The molecular formula is C19H16N2O. The monoisotopic (exact) mass is 288 g/mol. The molecule has 1 aromatic carbocycles. The van der Waals surface area contributed by atoms with Gasteiger partial charge in [-0.15, -0.1) is 0 Å². The lowest BCUT2D eigenvalue weighted by Crippen LogP contribution is -2.06. The van der Waals surface area contributed by atoms with Gasteiger partial charge in [-0.1, -0.05) is 42.5 Å². The molecule has 1 N–H and O–H groups in total. The zero-order chi connectivity index (χ0) is 15.2. The Bertz CT molecular complexity index is 799. The first-order valence-electron chi connectivity index (χ1n) is 7.18. The minimum Gasteiger partial charge on any atom is -0.368 e. The second kappa shape index (κ2) is 6.68. The first-order chi connectivity index (χ1) is 10.9. The Morgan fingerprint density at radius 2 is 1.77 bits per heavy atom. The van der Waals surface area contributed by atoms with E-state index in [0.29, 0.717) is 6.42 Å². The first-order valence-corrected chi connectivity index (χ1v) is 7.18. The number of rotatable bonds is 0. The number of nitrogens with one attached hydrogen (secondary N) is 1. The summed E-state index contributed by atoms with van der Waals surface area (Å²) in [6.07, 6.45) is 17.7. The van der Waals surface area contributed by atoms with Crippen molar-refractivity contribution in [1.29, 1.82) is 0 Å². The number of ketones is 1. The number of allylic oxidation sites excluding steroid dienone is 5. The molecule has 0 fully saturated rings. The van der Waals surface area contributed by atoms with Crippen molar-refractivity contribution in [2.45, 2.75) is 6.42 Å². The van der Waals surface area contributed by atoms with Gasteiger partial charge in [0.15, 0.2) is 5.78 Å². The van der Waals surface area contributed by atoms with Crippen LogP contribution in [-0.2, 0) is 0 Å². The lowest BCUT2D eigenvalue weighted by atomic mass is 9.95. The third kappa shape index (κ3) is 3.04. The fraction of sp³-hybridized carbons (Fsp3) is 0.0526. The van der Waals surface area contributed by atoms with Crippen LogP contribution in [0.15, 0.2) is 73.2 Å². The Morgan fingerprint density at radius 1 is 1.00 bits per heavy atom. The van der Waals surface area contributed by atoms with Crippen LogP contribution in [0.3, 0.4) is 0 Å². The summed E-state index contributed by atoms with van der Waals surface area (Å²) in [7, 11) is 0. The molecule has 0 spiro atoms. The van der Waals surface area contributed by atoms with Gasteiger partial charge in [-0.3, -0.25) is 9.78 Å². The number of hydrogen-bond donors (Lipinski definition) is 1. The van der Waals surface area contributed by atoms with E-state index in [0.717, 1.165) is 22.0 Å². The minimum absolute atomic E-state index is 0.164. The van der Waals surface area contributed by atoms with Gasteiger partial charge in [-0.05, 0) is 23.6 Å². The molecule has 2 heterocycles. The van der Waals surface area contributed by atoms with Crippen molar-refractivity contribution in [2.75, 3.05) is 0 Å². The molecule has 1 aromatic heterocycles. The first kappa shape index (κ1) is 14.0. The van der Waals surface area contributed by atoms with E-state index in [9.17, 15) is 4.79 Å². The van der Waals surface area contributed by atoms with Gasteiger partial charge in [-0.25, -0.2) is 0 Å². The Kier molecular flexibility index (Phi) is 4.25. The van der Waals surface area contributed by atoms with E-state index in [2.05, 4.69) is 10.3 Å². The Morgan fingerprint density at radius 3 is 2.59 bits per heavy atom. The zero-order valence-electron chi connectivity index (χ0n) is 12.1. The molecular weight excluding hydrogens is 272 g/mol. The number of Topliss-reactive ketones (excluding diaryl/α,β-unsaturated/α-hetero) is 1. The number of aromatic nitrogens is 1. The summed E-state index contributed by atoms with van der Waals surface area (Å²) in [5.74, 6) is 0.164. The molecule has 0 unspecified atom stereocenters. The summed E-state index contributed by atoms with van der Waals surface area (Å²) in [5, 5.41) is 4.96. The summed E-state index contributed by atoms with van der Waals surface area (Å²) in [5.41, 5.74) is 1.57. The molecule has 0 saturated heterocycles. The molecule has 1 aliphatic heterocycles. The molecule has 3 heteroatoms. The average Bonchev–Trinajstić information content (AvgIpc) is 2.88. The predicted molar refractivity (Wildman–Crippen MR) is 90.3 cm³/mol. The Hall–Kier alpha value is -2.94. The summed E-state index contributed by atoms with van der Waals surface area (Å²) in [6, 6.07) is 7.87. The number of benzene rings is 1. The van der Waals surface area contributed by atoms with Crippen molar-refractivity contribution in [3.05, 3.63) is 84.5 Å². The third-order valence-electron chi connectivity index (χ3n) is 3.41. The van der Waals surface area contributed by atoms with Gasteiger partial charge in [0.2, 0.25) is 0 Å². The topological polar surface area (TPSA) is 42.0 Å². The molecule has 0 radical (unpaired) electrons. The normalized spacial score (nSPS) is 14.8. The molecule has 2 aromatic rings. The second-order valence-electron chi connectivity index (χ2n) is 4.91. The second-order valence-corrected chi connectivity index (χ2v) is 4.91. The number of fused-ring (bicyclic) bond motifs is 3. The van der Waals surface area contributed by atoms with Crippen LogP contribution in [0.1, 0.15) is 22.5 Å². The van der Waals surface area contributed by atoms with Gasteiger partial charge < -0.3 is 5.32 Å². The van der Waals surface area contributed by atoms with E-state index in [1.807, 2.05) is 79.3 Å². The third-order valence-corrected chi connectivity index (χ3v) is 3.41. The van der Waals surface area contributed by atoms with E-state index in [-0.39, 0.29) is 5.78 Å². The molecule has 4 rings (SSSR count). The van der Waals surface area contributed by atoms with Crippen molar-refractivity contribution in [3.63, 3.8) is 0 Å². The van der Waals surface area contributed by atoms with Gasteiger partial charge in [0.05, 0.1) is 11.3 Å². The highest BCUT2D eigenvalue weighted by atomic mass is 16.1. The molecule has 0 bridgehead atoms. The highest BCUT2D eigenvalue weighted by molar-refractivity contribution is 6.12. The Balaban J connectivity index is 0.000000174. The number of hydrogen-bond acceptors (Lipinski definition) is 3. The number of pyridine rings is 1. The van der Waals surface area contributed by atoms with Gasteiger partial charge in [-0.2, -0.15) is 0 Å². The largest absolute Gasteiger partial charge is 0.368 e.